The van der Waals surface area contributed by atoms with Crippen LogP contribution >= 0.6 is 11.6 Å². The van der Waals surface area contributed by atoms with Gasteiger partial charge in [0.05, 0.1) is 6.20 Å². The Morgan fingerprint density at radius 1 is 1.50 bits per heavy atom. The van der Waals surface area contributed by atoms with Crippen LogP contribution in [-0.2, 0) is 13.0 Å². The summed E-state index contributed by atoms with van der Waals surface area (Å²) in [6.45, 7) is 7.36. The van der Waals surface area contributed by atoms with E-state index < -0.39 is 0 Å². The van der Waals surface area contributed by atoms with Gasteiger partial charge in [0, 0.05) is 18.1 Å². The highest BCUT2D eigenvalue weighted by molar-refractivity contribution is 6.20. The molecule has 2 nitrogen and oxygen atoms in total. The first kappa shape index (κ1) is 11.6. The van der Waals surface area contributed by atoms with Crippen molar-refractivity contribution in [3.8, 4) is 0 Å². The molecule has 0 spiro atoms. The molecule has 3 heteroatoms. The van der Waals surface area contributed by atoms with E-state index >= 15 is 0 Å². The molecule has 1 aromatic heterocycles. The minimum Gasteiger partial charge on any atom is -0.273 e. The van der Waals surface area contributed by atoms with E-state index in [-0.39, 0.29) is 5.38 Å². The number of alkyl halides is 1. The van der Waals surface area contributed by atoms with Crippen molar-refractivity contribution in [2.45, 2.75) is 45.5 Å². The lowest BCUT2D eigenvalue weighted by Crippen LogP contribution is -2.12. The van der Waals surface area contributed by atoms with Gasteiger partial charge in [0.15, 0.2) is 0 Å². The monoisotopic (exact) mass is 214 g/mol. The Hall–Kier alpha value is -0.500. The molecule has 0 bridgehead atoms. The maximum Gasteiger partial charge on any atom is 0.0521 e. The quantitative estimate of drug-likeness (QED) is 0.689. The molecule has 0 saturated carbocycles. The van der Waals surface area contributed by atoms with E-state index in [1.165, 1.54) is 5.56 Å². The highest BCUT2D eigenvalue weighted by Crippen LogP contribution is 2.18. The fourth-order valence-corrected chi connectivity index (χ4v) is 1.68. The fourth-order valence-electron chi connectivity index (χ4n) is 1.59. The Morgan fingerprint density at radius 3 is 2.71 bits per heavy atom. The summed E-state index contributed by atoms with van der Waals surface area (Å²) in [4.78, 5) is 0. The second kappa shape index (κ2) is 5.40. The molecule has 0 fully saturated rings. The molecule has 14 heavy (non-hydrogen) atoms. The van der Waals surface area contributed by atoms with Crippen molar-refractivity contribution in [2.75, 3.05) is 0 Å². The number of aryl methyl sites for hydroxylation is 1. The van der Waals surface area contributed by atoms with E-state index in [0.29, 0.717) is 5.92 Å². The molecular weight excluding hydrogens is 196 g/mol. The van der Waals surface area contributed by atoms with E-state index in [2.05, 4.69) is 32.1 Å². The molecule has 0 aliphatic heterocycles. The molecule has 1 rings (SSSR count). The zero-order valence-electron chi connectivity index (χ0n) is 9.20. The second-order valence-corrected chi connectivity index (χ2v) is 4.37. The average Bonchev–Trinajstić information content (AvgIpc) is 2.64. The average molecular weight is 215 g/mol. The van der Waals surface area contributed by atoms with Crippen LogP contribution in [0.1, 0.15) is 32.8 Å². The number of aromatic nitrogens is 2. The normalized spacial score (nSPS) is 15.4. The van der Waals surface area contributed by atoms with Crippen LogP contribution in [0.15, 0.2) is 12.4 Å². The molecule has 2 atom stereocenters. The van der Waals surface area contributed by atoms with E-state index in [9.17, 15) is 0 Å². The van der Waals surface area contributed by atoms with Crippen LogP contribution in [0, 0.1) is 5.92 Å². The molecule has 0 aromatic carbocycles. The fraction of sp³-hybridized carbons (Fsp3) is 0.727. The van der Waals surface area contributed by atoms with Crippen molar-refractivity contribution in [1.29, 1.82) is 0 Å². The molecule has 1 heterocycles. The molecular formula is C11H19ClN2. The lowest BCUT2D eigenvalue weighted by molar-refractivity contribution is 0.530. The van der Waals surface area contributed by atoms with Gasteiger partial charge in [0.25, 0.3) is 0 Å². The first-order valence-corrected chi connectivity index (χ1v) is 5.76. The van der Waals surface area contributed by atoms with Crippen LogP contribution in [-0.4, -0.2) is 15.2 Å². The van der Waals surface area contributed by atoms with Gasteiger partial charge in [-0.15, -0.1) is 11.6 Å². The second-order valence-electron chi connectivity index (χ2n) is 3.81. The van der Waals surface area contributed by atoms with Gasteiger partial charge in [-0.1, -0.05) is 13.8 Å². The Morgan fingerprint density at radius 2 is 2.21 bits per heavy atom. The standard InChI is InChI=1S/C11H19ClN2/c1-4-11(12)9(3)6-10-7-13-14(5-2)8-10/h7-9,11H,4-6H2,1-3H3. The number of nitrogens with zero attached hydrogens (tertiary/aromatic N) is 2. The lowest BCUT2D eigenvalue weighted by atomic mass is 9.98. The summed E-state index contributed by atoms with van der Waals surface area (Å²) in [6.07, 6.45) is 6.11. The summed E-state index contributed by atoms with van der Waals surface area (Å²) in [5.41, 5.74) is 1.29. The lowest BCUT2D eigenvalue weighted by Gasteiger charge is -2.14. The number of halogens is 1. The summed E-state index contributed by atoms with van der Waals surface area (Å²) in [5, 5.41) is 4.52. The van der Waals surface area contributed by atoms with Gasteiger partial charge in [-0.05, 0) is 31.2 Å². The first-order valence-electron chi connectivity index (χ1n) is 5.32. The third kappa shape index (κ3) is 3.02. The minimum atomic E-state index is 0.278. The molecule has 0 saturated heterocycles. The van der Waals surface area contributed by atoms with Crippen molar-refractivity contribution < 1.29 is 0 Å². The van der Waals surface area contributed by atoms with Gasteiger partial charge in [-0.2, -0.15) is 5.10 Å². The Bertz CT molecular complexity index is 270. The van der Waals surface area contributed by atoms with Gasteiger partial charge >= 0.3 is 0 Å². The third-order valence-electron chi connectivity index (χ3n) is 2.58. The predicted molar refractivity (Wildman–Crippen MR) is 60.7 cm³/mol. The number of rotatable bonds is 5. The SMILES string of the molecule is CCC(Cl)C(C)Cc1cnn(CC)c1. The molecule has 0 aliphatic carbocycles. The van der Waals surface area contributed by atoms with E-state index in [1.807, 2.05) is 10.9 Å². The van der Waals surface area contributed by atoms with Crippen molar-refractivity contribution in [2.24, 2.45) is 5.92 Å². The molecule has 0 radical (unpaired) electrons. The van der Waals surface area contributed by atoms with Crippen LogP contribution < -0.4 is 0 Å². The summed E-state index contributed by atoms with van der Waals surface area (Å²) in [6, 6.07) is 0. The molecule has 1 aromatic rings. The highest BCUT2D eigenvalue weighted by atomic mass is 35.5. The summed E-state index contributed by atoms with van der Waals surface area (Å²) < 4.78 is 1.96. The topological polar surface area (TPSA) is 17.8 Å². The summed E-state index contributed by atoms with van der Waals surface area (Å²) >= 11 is 6.18. The maximum absolute atomic E-state index is 6.18. The third-order valence-corrected chi connectivity index (χ3v) is 3.31. The minimum absolute atomic E-state index is 0.278. The van der Waals surface area contributed by atoms with Gasteiger partial charge in [-0.3, -0.25) is 4.68 Å². The molecule has 2 unspecified atom stereocenters. The number of hydrogen-bond donors (Lipinski definition) is 0. The van der Waals surface area contributed by atoms with Crippen LogP contribution in [0.4, 0.5) is 0 Å². The Kier molecular flexibility index (Phi) is 4.46. The Balaban J connectivity index is 2.51. The van der Waals surface area contributed by atoms with Crippen LogP contribution in [0.3, 0.4) is 0 Å². The largest absolute Gasteiger partial charge is 0.273 e. The van der Waals surface area contributed by atoms with Crippen molar-refractivity contribution >= 4 is 11.6 Å². The van der Waals surface area contributed by atoms with Crippen LogP contribution in [0.25, 0.3) is 0 Å². The van der Waals surface area contributed by atoms with Crippen molar-refractivity contribution in [3.05, 3.63) is 18.0 Å². The Labute approximate surface area is 91.3 Å². The first-order chi connectivity index (χ1) is 6.67. The van der Waals surface area contributed by atoms with Gasteiger partial charge in [0.2, 0.25) is 0 Å². The van der Waals surface area contributed by atoms with Gasteiger partial charge in [0.1, 0.15) is 0 Å². The zero-order chi connectivity index (χ0) is 10.6. The molecule has 0 N–H and O–H groups in total. The van der Waals surface area contributed by atoms with E-state index in [1.54, 1.807) is 0 Å². The van der Waals surface area contributed by atoms with Crippen LogP contribution in [0.5, 0.6) is 0 Å². The number of hydrogen-bond acceptors (Lipinski definition) is 1. The van der Waals surface area contributed by atoms with E-state index in [4.69, 9.17) is 11.6 Å². The van der Waals surface area contributed by atoms with Gasteiger partial charge in [-0.25, -0.2) is 0 Å². The van der Waals surface area contributed by atoms with Crippen molar-refractivity contribution in [1.82, 2.24) is 9.78 Å². The van der Waals surface area contributed by atoms with Gasteiger partial charge < -0.3 is 0 Å². The van der Waals surface area contributed by atoms with Crippen LogP contribution in [0.2, 0.25) is 0 Å². The molecule has 0 aliphatic rings. The van der Waals surface area contributed by atoms with Crippen molar-refractivity contribution in [3.63, 3.8) is 0 Å². The summed E-state index contributed by atoms with van der Waals surface area (Å²) in [5.74, 6) is 0.524. The maximum atomic E-state index is 6.18. The van der Waals surface area contributed by atoms with E-state index in [0.717, 1.165) is 19.4 Å². The summed E-state index contributed by atoms with van der Waals surface area (Å²) in [7, 11) is 0. The molecule has 80 valence electrons. The molecule has 0 amide bonds. The highest BCUT2D eigenvalue weighted by Gasteiger charge is 2.13. The predicted octanol–water partition coefficient (Wildman–Crippen LogP) is 3.10. The smallest absolute Gasteiger partial charge is 0.0521 e. The zero-order valence-corrected chi connectivity index (χ0v) is 9.96.